The number of halogens is 3. The van der Waals surface area contributed by atoms with Gasteiger partial charge in [-0.25, -0.2) is 13.6 Å². The Balaban J connectivity index is 3.24. The van der Waals surface area contributed by atoms with Crippen LogP contribution >= 0.6 is 15.9 Å². The Kier molecular flexibility index (Phi) is 3.85. The lowest BCUT2D eigenvalue weighted by molar-refractivity contribution is 0.0373. The Morgan fingerprint density at radius 2 is 2.06 bits per heavy atom. The molecule has 1 rings (SSSR count). The number of nitrogen functional groups attached to an aromatic ring is 1. The first kappa shape index (κ1) is 12.9. The predicted octanol–water partition coefficient (Wildman–Crippen LogP) is 2.87. The second-order valence-electron chi connectivity index (χ2n) is 3.40. The maximum absolute atomic E-state index is 13.6. The van der Waals surface area contributed by atoms with Crippen molar-refractivity contribution in [1.29, 1.82) is 0 Å². The summed E-state index contributed by atoms with van der Waals surface area (Å²) in [7, 11) is 0. The molecule has 0 aromatic heterocycles. The maximum atomic E-state index is 13.6. The van der Waals surface area contributed by atoms with E-state index in [2.05, 4.69) is 15.9 Å². The molecule has 0 saturated carbocycles. The molecular weight excluding hydrogens is 284 g/mol. The predicted molar refractivity (Wildman–Crippen MR) is 59.0 cm³/mol. The average Bonchev–Trinajstić information content (AvgIpc) is 2.13. The van der Waals surface area contributed by atoms with Crippen LogP contribution in [0.15, 0.2) is 10.5 Å². The summed E-state index contributed by atoms with van der Waals surface area (Å²) in [5.74, 6) is -2.83. The van der Waals surface area contributed by atoms with Crippen LogP contribution in [0.5, 0.6) is 0 Å². The van der Waals surface area contributed by atoms with Crippen molar-refractivity contribution in [2.24, 2.45) is 0 Å². The van der Waals surface area contributed by atoms with Gasteiger partial charge in [0.25, 0.3) is 0 Å². The monoisotopic (exact) mass is 293 g/mol. The van der Waals surface area contributed by atoms with Crippen LogP contribution in [0, 0.1) is 11.6 Å². The third kappa shape index (κ3) is 2.49. The number of hydrogen-bond acceptors (Lipinski definition) is 3. The standard InChI is InChI=1S/C10H10BrF2NO2/c1-4(2)16-10(15)7-6(14)3-5(12)8(11)9(7)13/h3-4H,14H2,1-2H3. The van der Waals surface area contributed by atoms with E-state index in [0.29, 0.717) is 0 Å². The van der Waals surface area contributed by atoms with Crippen LogP contribution in [-0.2, 0) is 4.74 Å². The average molecular weight is 294 g/mol. The number of rotatable bonds is 2. The summed E-state index contributed by atoms with van der Waals surface area (Å²) in [5, 5.41) is 0. The zero-order valence-electron chi connectivity index (χ0n) is 8.68. The fourth-order valence-electron chi connectivity index (χ4n) is 1.09. The highest BCUT2D eigenvalue weighted by Gasteiger charge is 2.23. The first-order chi connectivity index (χ1) is 7.34. The first-order valence-electron chi connectivity index (χ1n) is 4.48. The topological polar surface area (TPSA) is 52.3 Å². The summed E-state index contributed by atoms with van der Waals surface area (Å²) >= 11 is 2.69. The van der Waals surface area contributed by atoms with Gasteiger partial charge < -0.3 is 10.5 Å². The summed E-state index contributed by atoms with van der Waals surface area (Å²) < 4.78 is 30.9. The van der Waals surface area contributed by atoms with Crippen LogP contribution in [0.2, 0.25) is 0 Å². The van der Waals surface area contributed by atoms with Crippen LogP contribution in [0.3, 0.4) is 0 Å². The van der Waals surface area contributed by atoms with Crippen molar-refractivity contribution in [3.63, 3.8) is 0 Å². The molecule has 0 saturated heterocycles. The molecule has 0 atom stereocenters. The van der Waals surface area contributed by atoms with Crippen LogP contribution in [0.1, 0.15) is 24.2 Å². The minimum Gasteiger partial charge on any atom is -0.459 e. The molecule has 88 valence electrons. The Bertz CT molecular complexity index is 435. The second-order valence-corrected chi connectivity index (χ2v) is 4.20. The van der Waals surface area contributed by atoms with Crippen LogP contribution in [0.4, 0.5) is 14.5 Å². The molecule has 16 heavy (non-hydrogen) atoms. The van der Waals surface area contributed by atoms with Gasteiger partial charge in [-0.15, -0.1) is 0 Å². The third-order valence-electron chi connectivity index (χ3n) is 1.74. The van der Waals surface area contributed by atoms with E-state index in [1.165, 1.54) is 0 Å². The summed E-state index contributed by atoms with van der Waals surface area (Å²) in [6.45, 7) is 3.23. The molecule has 1 aromatic carbocycles. The van der Waals surface area contributed by atoms with E-state index in [0.717, 1.165) is 6.07 Å². The van der Waals surface area contributed by atoms with E-state index in [1.54, 1.807) is 13.8 Å². The lowest BCUT2D eigenvalue weighted by Gasteiger charge is -2.11. The normalized spacial score (nSPS) is 10.6. The highest BCUT2D eigenvalue weighted by atomic mass is 79.9. The molecule has 0 aliphatic rings. The van der Waals surface area contributed by atoms with Crippen molar-refractivity contribution < 1.29 is 18.3 Å². The smallest absolute Gasteiger partial charge is 0.343 e. The molecule has 0 heterocycles. The fourth-order valence-corrected chi connectivity index (χ4v) is 1.41. The lowest BCUT2D eigenvalue weighted by Crippen LogP contribution is -2.16. The summed E-state index contributed by atoms with van der Waals surface area (Å²) in [6, 6.07) is 0.865. The first-order valence-corrected chi connectivity index (χ1v) is 5.27. The van der Waals surface area contributed by atoms with Crippen molar-refractivity contribution >= 4 is 27.6 Å². The summed E-state index contributed by atoms with van der Waals surface area (Å²) in [5.41, 5.74) is 4.62. The van der Waals surface area contributed by atoms with E-state index in [4.69, 9.17) is 10.5 Å². The van der Waals surface area contributed by atoms with Crippen LogP contribution in [-0.4, -0.2) is 12.1 Å². The largest absolute Gasteiger partial charge is 0.459 e. The molecule has 3 nitrogen and oxygen atoms in total. The molecule has 1 aromatic rings. The number of anilines is 1. The molecular formula is C10H10BrF2NO2. The van der Waals surface area contributed by atoms with E-state index < -0.39 is 33.7 Å². The molecule has 0 aliphatic carbocycles. The fraction of sp³-hybridized carbons (Fsp3) is 0.300. The molecule has 0 bridgehead atoms. The third-order valence-corrected chi connectivity index (χ3v) is 2.47. The minimum atomic E-state index is -1.05. The number of benzene rings is 1. The second kappa shape index (κ2) is 4.78. The zero-order chi connectivity index (χ0) is 12.5. The SMILES string of the molecule is CC(C)OC(=O)c1c(N)cc(F)c(Br)c1F. The van der Waals surface area contributed by atoms with Crippen molar-refractivity contribution in [2.45, 2.75) is 20.0 Å². The van der Waals surface area contributed by atoms with Crippen LogP contribution in [0.25, 0.3) is 0 Å². The molecule has 0 spiro atoms. The molecule has 2 N–H and O–H groups in total. The number of nitrogens with two attached hydrogens (primary N) is 1. The highest BCUT2D eigenvalue weighted by molar-refractivity contribution is 9.10. The lowest BCUT2D eigenvalue weighted by atomic mass is 10.1. The van der Waals surface area contributed by atoms with Gasteiger partial charge in [0.15, 0.2) is 5.82 Å². The van der Waals surface area contributed by atoms with E-state index in [-0.39, 0.29) is 5.69 Å². The van der Waals surface area contributed by atoms with Gasteiger partial charge in [-0.05, 0) is 35.8 Å². The molecule has 0 unspecified atom stereocenters. The van der Waals surface area contributed by atoms with Crippen LogP contribution < -0.4 is 5.73 Å². The van der Waals surface area contributed by atoms with Gasteiger partial charge in [0.05, 0.1) is 16.3 Å². The molecule has 0 fully saturated rings. The van der Waals surface area contributed by atoms with Gasteiger partial charge in [0, 0.05) is 0 Å². The number of carbonyl (C=O) groups is 1. The molecule has 0 radical (unpaired) electrons. The van der Waals surface area contributed by atoms with E-state index >= 15 is 0 Å². The maximum Gasteiger partial charge on any atom is 0.343 e. The summed E-state index contributed by atoms with van der Waals surface area (Å²) in [6.07, 6.45) is -0.407. The van der Waals surface area contributed by atoms with Gasteiger partial charge in [0.2, 0.25) is 0 Å². The Morgan fingerprint density at radius 3 is 2.56 bits per heavy atom. The highest BCUT2D eigenvalue weighted by Crippen LogP contribution is 2.28. The van der Waals surface area contributed by atoms with E-state index in [1.807, 2.05) is 0 Å². The van der Waals surface area contributed by atoms with Crippen molar-refractivity contribution in [3.05, 3.63) is 27.7 Å². The van der Waals surface area contributed by atoms with Crippen molar-refractivity contribution in [1.82, 2.24) is 0 Å². The Labute approximate surface area is 99.7 Å². The van der Waals surface area contributed by atoms with Gasteiger partial charge in [-0.3, -0.25) is 0 Å². The van der Waals surface area contributed by atoms with Gasteiger partial charge in [0.1, 0.15) is 11.4 Å². The van der Waals surface area contributed by atoms with Crippen molar-refractivity contribution in [2.75, 3.05) is 5.73 Å². The van der Waals surface area contributed by atoms with Crippen molar-refractivity contribution in [3.8, 4) is 0 Å². The number of ether oxygens (including phenoxy) is 1. The number of carbonyl (C=O) groups excluding carboxylic acids is 1. The summed E-state index contributed by atoms with van der Waals surface area (Å²) in [4.78, 5) is 11.5. The quantitative estimate of drug-likeness (QED) is 0.518. The minimum absolute atomic E-state index is 0.288. The van der Waals surface area contributed by atoms with Gasteiger partial charge in [-0.2, -0.15) is 0 Å². The Hall–Kier alpha value is -1.17. The number of esters is 1. The molecule has 6 heteroatoms. The number of hydrogen-bond donors (Lipinski definition) is 1. The van der Waals surface area contributed by atoms with Gasteiger partial charge >= 0.3 is 5.97 Å². The molecule has 0 aliphatic heterocycles. The Morgan fingerprint density at radius 1 is 1.50 bits per heavy atom. The van der Waals surface area contributed by atoms with Gasteiger partial charge in [-0.1, -0.05) is 0 Å². The molecule has 0 amide bonds. The van der Waals surface area contributed by atoms with E-state index in [9.17, 15) is 13.6 Å². The zero-order valence-corrected chi connectivity index (χ0v) is 10.3.